The van der Waals surface area contributed by atoms with Gasteiger partial charge in [-0.15, -0.1) is 0 Å². The van der Waals surface area contributed by atoms with Crippen molar-refractivity contribution >= 4 is 15.9 Å². The minimum Gasteiger partial charge on any atom is -0.497 e. The molecule has 2 bridgehead atoms. The second kappa shape index (κ2) is 6.02. The Hall–Kier alpha value is -0.620. The van der Waals surface area contributed by atoms with E-state index in [0.717, 1.165) is 23.1 Å². The normalized spacial score (nSPS) is 29.6. The summed E-state index contributed by atoms with van der Waals surface area (Å²) in [6.45, 7) is 0. The first-order chi connectivity index (χ1) is 9.71. The second-order valence-corrected chi connectivity index (χ2v) is 6.56. The summed E-state index contributed by atoms with van der Waals surface area (Å²) >= 11 is 3.61. The van der Waals surface area contributed by atoms with E-state index in [1.54, 1.807) is 7.11 Å². The standard InChI is InChI=1S/C15H21BrN2O2/c1-19-10-2-4-13(16)9(6-10)7-14(18-17)12-8-11-3-5-15(12)20-11/h2,4,6,11-12,14-15,18H,3,5,7-8,17H2,1H3. The first-order valence-electron chi connectivity index (χ1n) is 7.15. The van der Waals surface area contributed by atoms with E-state index < -0.39 is 0 Å². The molecule has 3 rings (SSSR count). The summed E-state index contributed by atoms with van der Waals surface area (Å²) < 4.78 is 12.4. The SMILES string of the molecule is COc1ccc(Br)c(CC(NN)C2CC3CCC2O3)c1. The molecule has 0 radical (unpaired) electrons. The molecule has 2 heterocycles. The number of hydrazine groups is 1. The summed E-state index contributed by atoms with van der Waals surface area (Å²) in [6.07, 6.45) is 5.22. The maximum atomic E-state index is 5.95. The molecule has 20 heavy (non-hydrogen) atoms. The highest BCUT2D eigenvalue weighted by molar-refractivity contribution is 9.10. The number of fused-ring (bicyclic) bond motifs is 2. The molecule has 0 aliphatic carbocycles. The molecular weight excluding hydrogens is 320 g/mol. The average Bonchev–Trinajstić information content (AvgIpc) is 3.09. The van der Waals surface area contributed by atoms with Crippen LogP contribution in [0.4, 0.5) is 0 Å². The Balaban J connectivity index is 1.74. The molecule has 3 N–H and O–H groups in total. The van der Waals surface area contributed by atoms with Gasteiger partial charge in [0.1, 0.15) is 5.75 Å². The van der Waals surface area contributed by atoms with Crippen LogP contribution in [0.1, 0.15) is 24.8 Å². The number of rotatable bonds is 5. The number of halogens is 1. The van der Waals surface area contributed by atoms with Crippen molar-refractivity contribution in [3.8, 4) is 5.75 Å². The Kier molecular flexibility index (Phi) is 4.31. The summed E-state index contributed by atoms with van der Waals surface area (Å²) in [6, 6.07) is 6.30. The Morgan fingerprint density at radius 2 is 2.35 bits per heavy atom. The maximum Gasteiger partial charge on any atom is 0.119 e. The predicted molar refractivity (Wildman–Crippen MR) is 81.5 cm³/mol. The smallest absolute Gasteiger partial charge is 0.119 e. The fourth-order valence-corrected chi connectivity index (χ4v) is 3.91. The van der Waals surface area contributed by atoms with Crippen molar-refractivity contribution in [1.29, 1.82) is 0 Å². The Morgan fingerprint density at radius 3 is 2.95 bits per heavy atom. The van der Waals surface area contributed by atoms with Crippen LogP contribution in [0.15, 0.2) is 22.7 Å². The number of nitrogens with one attached hydrogen (secondary N) is 1. The zero-order valence-corrected chi connectivity index (χ0v) is 13.2. The zero-order valence-electron chi connectivity index (χ0n) is 11.6. The minimum absolute atomic E-state index is 0.244. The third kappa shape index (κ3) is 2.72. The van der Waals surface area contributed by atoms with Gasteiger partial charge in [0.25, 0.3) is 0 Å². The minimum atomic E-state index is 0.244. The molecule has 0 aromatic heterocycles. The molecule has 4 unspecified atom stereocenters. The Labute approximate surface area is 128 Å². The van der Waals surface area contributed by atoms with E-state index in [-0.39, 0.29) is 6.04 Å². The lowest BCUT2D eigenvalue weighted by atomic mass is 9.82. The fraction of sp³-hybridized carbons (Fsp3) is 0.600. The van der Waals surface area contributed by atoms with Gasteiger partial charge in [-0.3, -0.25) is 11.3 Å². The number of hydrogen-bond acceptors (Lipinski definition) is 4. The molecule has 0 spiro atoms. The average molecular weight is 341 g/mol. The van der Waals surface area contributed by atoms with Crippen LogP contribution in [0.2, 0.25) is 0 Å². The van der Waals surface area contributed by atoms with Gasteiger partial charge >= 0.3 is 0 Å². The molecule has 1 aromatic carbocycles. The van der Waals surface area contributed by atoms with Crippen LogP contribution in [0, 0.1) is 5.92 Å². The van der Waals surface area contributed by atoms with Gasteiger partial charge in [0.05, 0.1) is 19.3 Å². The molecular formula is C15H21BrN2O2. The van der Waals surface area contributed by atoms with E-state index in [1.807, 2.05) is 12.1 Å². The van der Waals surface area contributed by atoms with Gasteiger partial charge in [0, 0.05) is 16.4 Å². The maximum absolute atomic E-state index is 5.95. The predicted octanol–water partition coefficient (Wildman–Crippen LogP) is 2.40. The molecule has 2 aliphatic rings. The molecule has 110 valence electrons. The van der Waals surface area contributed by atoms with Gasteiger partial charge in [-0.1, -0.05) is 15.9 Å². The lowest BCUT2D eigenvalue weighted by molar-refractivity contribution is 0.0857. The quantitative estimate of drug-likeness (QED) is 0.638. The van der Waals surface area contributed by atoms with Crippen molar-refractivity contribution in [3.05, 3.63) is 28.2 Å². The highest BCUT2D eigenvalue weighted by atomic mass is 79.9. The fourth-order valence-electron chi connectivity index (χ4n) is 3.51. The lowest BCUT2D eigenvalue weighted by Crippen LogP contribution is -2.45. The lowest BCUT2D eigenvalue weighted by Gasteiger charge is -2.28. The van der Waals surface area contributed by atoms with Crippen molar-refractivity contribution in [2.75, 3.05) is 7.11 Å². The number of benzene rings is 1. The monoisotopic (exact) mass is 340 g/mol. The second-order valence-electron chi connectivity index (χ2n) is 5.71. The van der Waals surface area contributed by atoms with Crippen LogP contribution >= 0.6 is 15.9 Å². The van der Waals surface area contributed by atoms with Crippen LogP contribution < -0.4 is 16.0 Å². The number of nitrogens with two attached hydrogens (primary N) is 1. The van der Waals surface area contributed by atoms with Crippen LogP contribution in [0.25, 0.3) is 0 Å². The van der Waals surface area contributed by atoms with Crippen LogP contribution in [-0.4, -0.2) is 25.4 Å². The number of hydrogen-bond donors (Lipinski definition) is 2. The van der Waals surface area contributed by atoms with E-state index in [1.165, 1.54) is 18.4 Å². The van der Waals surface area contributed by atoms with Crippen molar-refractivity contribution in [2.45, 2.75) is 43.9 Å². The van der Waals surface area contributed by atoms with Gasteiger partial charge in [-0.05, 0) is 49.4 Å². The highest BCUT2D eigenvalue weighted by Gasteiger charge is 2.44. The van der Waals surface area contributed by atoms with Crippen LogP contribution in [0.3, 0.4) is 0 Å². The van der Waals surface area contributed by atoms with Gasteiger partial charge in [-0.25, -0.2) is 0 Å². The van der Waals surface area contributed by atoms with Gasteiger partial charge < -0.3 is 9.47 Å². The molecule has 5 heteroatoms. The summed E-state index contributed by atoms with van der Waals surface area (Å²) in [5.74, 6) is 7.19. The van der Waals surface area contributed by atoms with Gasteiger partial charge in [0.2, 0.25) is 0 Å². The molecule has 2 fully saturated rings. The van der Waals surface area contributed by atoms with Crippen LogP contribution in [0.5, 0.6) is 5.75 Å². The summed E-state index contributed by atoms with van der Waals surface area (Å²) in [5.41, 5.74) is 4.22. The Bertz CT molecular complexity index is 483. The Morgan fingerprint density at radius 1 is 1.50 bits per heavy atom. The first-order valence-corrected chi connectivity index (χ1v) is 7.94. The van der Waals surface area contributed by atoms with Gasteiger partial charge in [0.15, 0.2) is 0 Å². The zero-order chi connectivity index (χ0) is 14.1. The number of ether oxygens (including phenoxy) is 2. The highest BCUT2D eigenvalue weighted by Crippen LogP contribution is 2.41. The molecule has 2 aliphatic heterocycles. The molecule has 0 saturated carbocycles. The van der Waals surface area contributed by atoms with E-state index in [2.05, 4.69) is 27.4 Å². The molecule has 1 aromatic rings. The van der Waals surface area contributed by atoms with Crippen molar-refractivity contribution in [2.24, 2.45) is 11.8 Å². The molecule has 2 saturated heterocycles. The van der Waals surface area contributed by atoms with E-state index >= 15 is 0 Å². The van der Waals surface area contributed by atoms with Crippen molar-refractivity contribution < 1.29 is 9.47 Å². The van der Waals surface area contributed by atoms with Crippen LogP contribution in [-0.2, 0) is 11.2 Å². The van der Waals surface area contributed by atoms with E-state index in [4.69, 9.17) is 15.3 Å². The molecule has 4 atom stereocenters. The third-order valence-electron chi connectivity index (χ3n) is 4.58. The molecule has 4 nitrogen and oxygen atoms in total. The summed E-state index contributed by atoms with van der Waals surface area (Å²) in [5, 5.41) is 0. The van der Waals surface area contributed by atoms with Gasteiger partial charge in [-0.2, -0.15) is 0 Å². The topological polar surface area (TPSA) is 56.5 Å². The molecule has 0 amide bonds. The summed E-state index contributed by atoms with van der Waals surface area (Å²) in [7, 11) is 1.69. The van der Waals surface area contributed by atoms with Crippen molar-refractivity contribution in [3.63, 3.8) is 0 Å². The van der Waals surface area contributed by atoms with E-state index in [0.29, 0.717) is 18.1 Å². The number of methoxy groups -OCH3 is 1. The summed E-state index contributed by atoms with van der Waals surface area (Å²) in [4.78, 5) is 0. The largest absolute Gasteiger partial charge is 0.497 e. The van der Waals surface area contributed by atoms with Crippen molar-refractivity contribution in [1.82, 2.24) is 5.43 Å². The van der Waals surface area contributed by atoms with E-state index in [9.17, 15) is 0 Å². The first kappa shape index (κ1) is 14.3. The third-order valence-corrected chi connectivity index (χ3v) is 5.35.